The van der Waals surface area contributed by atoms with E-state index >= 15 is 0 Å². The lowest BCUT2D eigenvalue weighted by atomic mass is 10.0. The summed E-state index contributed by atoms with van der Waals surface area (Å²) in [5.41, 5.74) is 2.70. The van der Waals surface area contributed by atoms with Gasteiger partial charge in [0.15, 0.2) is 0 Å². The van der Waals surface area contributed by atoms with Crippen molar-refractivity contribution in [3.05, 3.63) is 76.5 Å². The summed E-state index contributed by atoms with van der Waals surface area (Å²) in [5.74, 6) is 0.583. The lowest BCUT2D eigenvalue weighted by Crippen LogP contribution is -2.11. The Morgan fingerprint density at radius 2 is 1.70 bits per heavy atom. The smallest absolute Gasteiger partial charge is 0.202 e. The van der Waals surface area contributed by atoms with Crippen molar-refractivity contribution in [3.8, 4) is 11.3 Å². The van der Waals surface area contributed by atoms with E-state index in [9.17, 15) is 4.79 Å². The number of aliphatic imine (C=N–C) groups is 1. The van der Waals surface area contributed by atoms with E-state index in [-0.39, 0.29) is 5.43 Å². The van der Waals surface area contributed by atoms with Crippen LogP contribution >= 0.6 is 0 Å². The largest absolute Gasteiger partial charge is 0.455 e. The van der Waals surface area contributed by atoms with Gasteiger partial charge in [0, 0.05) is 11.8 Å². The van der Waals surface area contributed by atoms with Gasteiger partial charge in [-0.1, -0.05) is 48.5 Å². The highest BCUT2D eigenvalue weighted by molar-refractivity contribution is 5.89. The molecule has 3 aromatic rings. The number of para-hydroxylation sites is 1. The van der Waals surface area contributed by atoms with Crippen molar-refractivity contribution in [2.75, 3.05) is 0 Å². The Kier molecular flexibility index (Phi) is 3.39. The van der Waals surface area contributed by atoms with Gasteiger partial charge in [0.25, 0.3) is 0 Å². The van der Waals surface area contributed by atoms with Gasteiger partial charge in [0.05, 0.1) is 16.6 Å². The second kappa shape index (κ2) is 5.69. The van der Waals surface area contributed by atoms with Crippen molar-refractivity contribution in [2.24, 2.45) is 4.99 Å². The number of benzene rings is 2. The minimum atomic E-state index is -0.0315. The van der Waals surface area contributed by atoms with E-state index in [0.29, 0.717) is 28.0 Å². The molecular weight excluding hydrogens is 286 g/mol. The Labute approximate surface area is 133 Å². The SMILES string of the molecule is O=c1c(C2=CCCC=N2)c(-c2ccccc2)oc2ccccc12. The van der Waals surface area contributed by atoms with Crippen LogP contribution in [0.1, 0.15) is 18.4 Å². The van der Waals surface area contributed by atoms with E-state index in [1.54, 1.807) is 6.07 Å². The van der Waals surface area contributed by atoms with Crippen LogP contribution in [0.3, 0.4) is 0 Å². The number of allylic oxidation sites excluding steroid dienone is 1. The summed E-state index contributed by atoms with van der Waals surface area (Å²) in [6.45, 7) is 0. The number of rotatable bonds is 2. The van der Waals surface area contributed by atoms with E-state index < -0.39 is 0 Å². The summed E-state index contributed by atoms with van der Waals surface area (Å²) < 4.78 is 6.10. The van der Waals surface area contributed by atoms with Crippen LogP contribution in [0.15, 0.2) is 74.9 Å². The molecule has 23 heavy (non-hydrogen) atoms. The van der Waals surface area contributed by atoms with E-state index in [2.05, 4.69) is 4.99 Å². The second-order valence-corrected chi connectivity index (χ2v) is 5.48. The third-order valence-electron chi connectivity index (χ3n) is 3.95. The van der Waals surface area contributed by atoms with E-state index in [1.165, 1.54) is 0 Å². The highest BCUT2D eigenvalue weighted by Gasteiger charge is 2.19. The summed E-state index contributed by atoms with van der Waals surface area (Å²) in [7, 11) is 0. The minimum Gasteiger partial charge on any atom is -0.455 e. The molecule has 0 radical (unpaired) electrons. The number of hydrogen-bond donors (Lipinski definition) is 0. The highest BCUT2D eigenvalue weighted by Crippen LogP contribution is 2.31. The molecule has 0 amide bonds. The van der Waals surface area contributed by atoms with Crippen molar-refractivity contribution < 1.29 is 4.42 Å². The van der Waals surface area contributed by atoms with Crippen LogP contribution in [0.2, 0.25) is 0 Å². The zero-order valence-electron chi connectivity index (χ0n) is 12.5. The molecule has 1 aliphatic heterocycles. The Balaban J connectivity index is 2.09. The molecule has 0 unspecified atom stereocenters. The van der Waals surface area contributed by atoms with Gasteiger partial charge < -0.3 is 4.42 Å². The number of fused-ring (bicyclic) bond motifs is 1. The lowest BCUT2D eigenvalue weighted by molar-refractivity contribution is 0.617. The predicted molar refractivity (Wildman–Crippen MR) is 93.6 cm³/mol. The Bertz CT molecular complexity index is 981. The van der Waals surface area contributed by atoms with Crippen molar-refractivity contribution >= 4 is 22.9 Å². The van der Waals surface area contributed by atoms with Crippen LogP contribution in [-0.4, -0.2) is 6.21 Å². The molecule has 112 valence electrons. The summed E-state index contributed by atoms with van der Waals surface area (Å²) in [6.07, 6.45) is 5.66. The van der Waals surface area contributed by atoms with Crippen molar-refractivity contribution in [3.63, 3.8) is 0 Å². The van der Waals surface area contributed by atoms with Crippen LogP contribution in [0.25, 0.3) is 28.0 Å². The average molecular weight is 301 g/mol. The maximum Gasteiger partial charge on any atom is 0.202 e. The van der Waals surface area contributed by atoms with Crippen molar-refractivity contribution in [1.82, 2.24) is 0 Å². The van der Waals surface area contributed by atoms with E-state index in [0.717, 1.165) is 18.4 Å². The predicted octanol–water partition coefficient (Wildman–Crippen LogP) is 4.67. The van der Waals surface area contributed by atoms with Gasteiger partial charge >= 0.3 is 0 Å². The molecule has 0 fully saturated rings. The number of hydrogen-bond acceptors (Lipinski definition) is 3. The zero-order chi connectivity index (χ0) is 15.6. The van der Waals surface area contributed by atoms with Gasteiger partial charge in [0.2, 0.25) is 5.43 Å². The monoisotopic (exact) mass is 301 g/mol. The quantitative estimate of drug-likeness (QED) is 0.690. The van der Waals surface area contributed by atoms with Crippen LogP contribution in [0.4, 0.5) is 0 Å². The molecule has 0 bridgehead atoms. The van der Waals surface area contributed by atoms with Gasteiger partial charge in [0.1, 0.15) is 11.3 Å². The average Bonchev–Trinajstić information content (AvgIpc) is 2.63. The molecule has 0 spiro atoms. The second-order valence-electron chi connectivity index (χ2n) is 5.48. The highest BCUT2D eigenvalue weighted by atomic mass is 16.3. The third kappa shape index (κ3) is 2.40. The van der Waals surface area contributed by atoms with Crippen LogP contribution in [-0.2, 0) is 0 Å². The fourth-order valence-corrected chi connectivity index (χ4v) is 2.84. The molecule has 3 heteroatoms. The third-order valence-corrected chi connectivity index (χ3v) is 3.95. The molecule has 1 aromatic heterocycles. The summed E-state index contributed by atoms with van der Waals surface area (Å²) in [6, 6.07) is 17.1. The summed E-state index contributed by atoms with van der Waals surface area (Å²) in [4.78, 5) is 17.5. The molecule has 4 rings (SSSR count). The molecule has 0 aliphatic carbocycles. The first-order valence-corrected chi connectivity index (χ1v) is 7.69. The Morgan fingerprint density at radius 1 is 0.913 bits per heavy atom. The topological polar surface area (TPSA) is 42.6 Å². The summed E-state index contributed by atoms with van der Waals surface area (Å²) in [5, 5.41) is 0.587. The maximum absolute atomic E-state index is 13.0. The first-order chi connectivity index (χ1) is 11.3. The molecule has 3 nitrogen and oxygen atoms in total. The number of nitrogens with zero attached hydrogens (tertiary/aromatic N) is 1. The fraction of sp³-hybridized carbons (Fsp3) is 0.100. The molecular formula is C20H15NO2. The fourth-order valence-electron chi connectivity index (χ4n) is 2.84. The van der Waals surface area contributed by atoms with Gasteiger partial charge in [-0.15, -0.1) is 0 Å². The van der Waals surface area contributed by atoms with Crippen LogP contribution < -0.4 is 5.43 Å². The van der Waals surface area contributed by atoms with Crippen molar-refractivity contribution in [1.29, 1.82) is 0 Å². The van der Waals surface area contributed by atoms with Crippen LogP contribution in [0, 0.1) is 0 Å². The minimum absolute atomic E-state index is 0.0315. The summed E-state index contributed by atoms with van der Waals surface area (Å²) >= 11 is 0. The normalized spacial score (nSPS) is 14.0. The van der Waals surface area contributed by atoms with Gasteiger partial charge in [-0.05, 0) is 25.0 Å². The van der Waals surface area contributed by atoms with Crippen molar-refractivity contribution in [2.45, 2.75) is 12.8 Å². The van der Waals surface area contributed by atoms with E-state index in [4.69, 9.17) is 4.42 Å². The molecule has 0 N–H and O–H groups in total. The van der Waals surface area contributed by atoms with Crippen LogP contribution in [0.5, 0.6) is 0 Å². The molecule has 0 saturated heterocycles. The first-order valence-electron chi connectivity index (χ1n) is 7.69. The first kappa shape index (κ1) is 13.7. The van der Waals surface area contributed by atoms with Gasteiger partial charge in [-0.25, -0.2) is 0 Å². The maximum atomic E-state index is 13.0. The van der Waals surface area contributed by atoms with Gasteiger partial charge in [-0.2, -0.15) is 0 Å². The zero-order valence-corrected chi connectivity index (χ0v) is 12.5. The van der Waals surface area contributed by atoms with Gasteiger partial charge in [-0.3, -0.25) is 9.79 Å². The molecule has 0 atom stereocenters. The Morgan fingerprint density at radius 3 is 2.48 bits per heavy atom. The molecule has 1 aliphatic rings. The molecule has 0 saturated carbocycles. The lowest BCUT2D eigenvalue weighted by Gasteiger charge is -2.12. The Hall–Kier alpha value is -2.94. The standard InChI is InChI=1S/C20H15NO2/c22-19-15-10-4-5-12-17(15)23-20(14-8-2-1-3-9-14)18(19)16-11-6-7-13-21-16/h1-5,8-13H,6-7H2. The molecule has 2 aromatic carbocycles. The molecule has 2 heterocycles. The van der Waals surface area contributed by atoms with E-state index in [1.807, 2.05) is 60.8 Å².